The van der Waals surface area contributed by atoms with E-state index in [-0.39, 0.29) is 12.0 Å². The molecule has 0 aliphatic heterocycles. The molecule has 1 aliphatic rings. The number of carbonyl (C=O) groups is 1. The molecule has 0 radical (unpaired) electrons. The van der Waals surface area contributed by atoms with Gasteiger partial charge in [0.1, 0.15) is 0 Å². The predicted octanol–water partition coefficient (Wildman–Crippen LogP) is 0.676. The molecule has 3 N–H and O–H groups in total. The van der Waals surface area contributed by atoms with E-state index in [0.717, 1.165) is 19.3 Å². The Morgan fingerprint density at radius 2 is 2.27 bits per heavy atom. The molecule has 2 atom stereocenters. The summed E-state index contributed by atoms with van der Waals surface area (Å²) in [5, 5.41) is 17.1. The Balaban J connectivity index is 2.21. The van der Waals surface area contributed by atoms with Crippen LogP contribution < -0.4 is 5.73 Å². The lowest BCUT2D eigenvalue weighted by Crippen LogP contribution is -2.30. The van der Waals surface area contributed by atoms with Crippen molar-refractivity contribution in [1.82, 2.24) is 15.0 Å². The minimum absolute atomic E-state index is 0.145. The van der Waals surface area contributed by atoms with Crippen molar-refractivity contribution in [2.45, 2.75) is 31.7 Å². The number of nitrogen functional groups attached to an aromatic ring is 1. The van der Waals surface area contributed by atoms with E-state index in [1.165, 1.54) is 11.0 Å². The summed E-state index contributed by atoms with van der Waals surface area (Å²) in [4.78, 5) is 12.5. The molecule has 1 aromatic heterocycles. The molecule has 6 nitrogen and oxygen atoms in total. The van der Waals surface area contributed by atoms with Crippen molar-refractivity contribution in [3.8, 4) is 0 Å². The fraction of sp³-hybridized carbons (Fsp3) is 0.667. The third-order valence-electron chi connectivity index (χ3n) is 2.87. The van der Waals surface area contributed by atoms with E-state index in [0.29, 0.717) is 12.2 Å². The highest BCUT2D eigenvalue weighted by Gasteiger charge is 2.33. The van der Waals surface area contributed by atoms with Gasteiger partial charge in [-0.05, 0) is 12.8 Å². The molecule has 2 rings (SSSR count). The van der Waals surface area contributed by atoms with Crippen LogP contribution >= 0.6 is 0 Å². The van der Waals surface area contributed by atoms with Gasteiger partial charge in [-0.25, -0.2) is 0 Å². The monoisotopic (exact) mass is 210 g/mol. The lowest BCUT2D eigenvalue weighted by molar-refractivity contribution is -0.144. The van der Waals surface area contributed by atoms with Gasteiger partial charge in [0.15, 0.2) is 5.82 Å². The van der Waals surface area contributed by atoms with Crippen molar-refractivity contribution >= 4 is 11.8 Å². The highest BCUT2D eigenvalue weighted by molar-refractivity contribution is 5.70. The zero-order chi connectivity index (χ0) is 10.8. The van der Waals surface area contributed by atoms with E-state index < -0.39 is 5.97 Å². The third kappa shape index (κ3) is 1.93. The topological polar surface area (TPSA) is 94.0 Å². The molecule has 1 saturated carbocycles. The molecule has 15 heavy (non-hydrogen) atoms. The average molecular weight is 210 g/mol. The summed E-state index contributed by atoms with van der Waals surface area (Å²) in [6.07, 6.45) is 4.94. The van der Waals surface area contributed by atoms with Crippen LogP contribution in [0.1, 0.15) is 31.7 Å². The lowest BCUT2D eigenvalue weighted by Gasteiger charge is -2.27. The molecular formula is C9H14N4O2. The SMILES string of the molecule is Nc1cnn(C2CCCCC2C(=O)O)n1. The van der Waals surface area contributed by atoms with Crippen LogP contribution in [0.3, 0.4) is 0 Å². The van der Waals surface area contributed by atoms with Crippen molar-refractivity contribution in [2.24, 2.45) is 5.92 Å². The molecular weight excluding hydrogens is 196 g/mol. The second kappa shape index (κ2) is 3.88. The zero-order valence-electron chi connectivity index (χ0n) is 8.33. The van der Waals surface area contributed by atoms with Crippen LogP contribution in [0.2, 0.25) is 0 Å². The van der Waals surface area contributed by atoms with Crippen LogP contribution in [0.15, 0.2) is 6.20 Å². The van der Waals surface area contributed by atoms with E-state index in [1.807, 2.05) is 0 Å². The normalized spacial score (nSPS) is 26.4. The van der Waals surface area contributed by atoms with E-state index in [9.17, 15) is 4.79 Å². The maximum atomic E-state index is 11.0. The minimum atomic E-state index is -0.768. The number of anilines is 1. The van der Waals surface area contributed by atoms with Gasteiger partial charge in [0.25, 0.3) is 0 Å². The van der Waals surface area contributed by atoms with Gasteiger partial charge >= 0.3 is 5.97 Å². The second-order valence-corrected chi connectivity index (χ2v) is 3.89. The van der Waals surface area contributed by atoms with Gasteiger partial charge < -0.3 is 10.8 Å². The Bertz CT molecular complexity index is 363. The Labute approximate surface area is 87.1 Å². The smallest absolute Gasteiger partial charge is 0.308 e. The van der Waals surface area contributed by atoms with Crippen molar-refractivity contribution in [3.63, 3.8) is 0 Å². The fourth-order valence-corrected chi connectivity index (χ4v) is 2.12. The van der Waals surface area contributed by atoms with E-state index in [2.05, 4.69) is 10.2 Å². The molecule has 1 aliphatic carbocycles. The molecule has 0 bridgehead atoms. The van der Waals surface area contributed by atoms with Crippen LogP contribution in [-0.4, -0.2) is 26.1 Å². The molecule has 6 heteroatoms. The number of hydrogen-bond donors (Lipinski definition) is 2. The number of nitrogens with two attached hydrogens (primary N) is 1. The van der Waals surface area contributed by atoms with Crippen molar-refractivity contribution < 1.29 is 9.90 Å². The minimum Gasteiger partial charge on any atom is -0.481 e. The predicted molar refractivity (Wildman–Crippen MR) is 53.1 cm³/mol. The zero-order valence-corrected chi connectivity index (χ0v) is 8.33. The first-order chi connectivity index (χ1) is 7.18. The highest BCUT2D eigenvalue weighted by atomic mass is 16.4. The molecule has 82 valence electrons. The van der Waals surface area contributed by atoms with Gasteiger partial charge in [-0.2, -0.15) is 9.90 Å². The molecule has 1 aromatic rings. The molecule has 0 amide bonds. The van der Waals surface area contributed by atoms with E-state index >= 15 is 0 Å². The summed E-state index contributed by atoms with van der Waals surface area (Å²) in [7, 11) is 0. The van der Waals surface area contributed by atoms with Gasteiger partial charge in [-0.1, -0.05) is 12.8 Å². The molecule has 1 fully saturated rings. The number of carboxylic acids is 1. The first-order valence-corrected chi connectivity index (χ1v) is 5.08. The maximum absolute atomic E-state index is 11.0. The molecule has 0 spiro atoms. The standard InChI is InChI=1S/C9H14N4O2/c10-8-5-11-13(12-8)7-4-2-1-3-6(7)9(14)15/h5-7H,1-4H2,(H2,10,12)(H,14,15). The Kier molecular flexibility index (Phi) is 2.57. The van der Waals surface area contributed by atoms with Gasteiger partial charge in [0.2, 0.25) is 0 Å². The Morgan fingerprint density at radius 1 is 1.53 bits per heavy atom. The summed E-state index contributed by atoms with van der Waals surface area (Å²) in [6, 6.07) is -0.145. The lowest BCUT2D eigenvalue weighted by atomic mass is 9.85. The van der Waals surface area contributed by atoms with Gasteiger partial charge in [-0.15, -0.1) is 5.10 Å². The Hall–Kier alpha value is -1.59. The average Bonchev–Trinajstić information content (AvgIpc) is 2.65. The summed E-state index contributed by atoms with van der Waals surface area (Å²) in [6.45, 7) is 0. The van der Waals surface area contributed by atoms with Crippen molar-refractivity contribution in [3.05, 3.63) is 6.20 Å². The van der Waals surface area contributed by atoms with Crippen LogP contribution in [0.25, 0.3) is 0 Å². The fourth-order valence-electron chi connectivity index (χ4n) is 2.12. The van der Waals surface area contributed by atoms with Crippen molar-refractivity contribution in [2.75, 3.05) is 5.73 Å². The highest BCUT2D eigenvalue weighted by Crippen LogP contribution is 2.33. The summed E-state index contributed by atoms with van der Waals surface area (Å²) >= 11 is 0. The molecule has 0 saturated heterocycles. The van der Waals surface area contributed by atoms with E-state index in [1.54, 1.807) is 0 Å². The second-order valence-electron chi connectivity index (χ2n) is 3.89. The maximum Gasteiger partial charge on any atom is 0.308 e. The van der Waals surface area contributed by atoms with Crippen LogP contribution in [0.4, 0.5) is 5.82 Å². The number of aromatic nitrogens is 3. The van der Waals surface area contributed by atoms with E-state index in [4.69, 9.17) is 10.8 Å². The van der Waals surface area contributed by atoms with Gasteiger partial charge in [-0.3, -0.25) is 4.79 Å². The number of aliphatic carboxylic acids is 1. The van der Waals surface area contributed by atoms with Crippen LogP contribution in [-0.2, 0) is 4.79 Å². The first-order valence-electron chi connectivity index (χ1n) is 5.08. The molecule has 2 unspecified atom stereocenters. The summed E-state index contributed by atoms with van der Waals surface area (Å²) in [5.41, 5.74) is 5.46. The largest absolute Gasteiger partial charge is 0.481 e. The number of hydrogen-bond acceptors (Lipinski definition) is 4. The third-order valence-corrected chi connectivity index (χ3v) is 2.87. The summed E-state index contributed by atoms with van der Waals surface area (Å²) < 4.78 is 0. The first kappa shape index (κ1) is 9.95. The number of carboxylic acid groups (broad SMARTS) is 1. The van der Waals surface area contributed by atoms with Gasteiger partial charge in [0, 0.05) is 0 Å². The molecule has 0 aromatic carbocycles. The summed E-state index contributed by atoms with van der Waals surface area (Å²) in [5.74, 6) is -0.814. The van der Waals surface area contributed by atoms with Crippen LogP contribution in [0, 0.1) is 5.92 Å². The Morgan fingerprint density at radius 3 is 2.87 bits per heavy atom. The van der Waals surface area contributed by atoms with Gasteiger partial charge in [0.05, 0.1) is 18.2 Å². The quantitative estimate of drug-likeness (QED) is 0.748. The molecule has 1 heterocycles. The van der Waals surface area contributed by atoms with Crippen LogP contribution in [0.5, 0.6) is 0 Å². The number of rotatable bonds is 2. The number of nitrogens with zero attached hydrogens (tertiary/aromatic N) is 3. The van der Waals surface area contributed by atoms with Crippen molar-refractivity contribution in [1.29, 1.82) is 0 Å².